The van der Waals surface area contributed by atoms with Crippen LogP contribution in [0.5, 0.6) is 11.5 Å². The van der Waals surface area contributed by atoms with Crippen LogP contribution < -0.4 is 14.8 Å². The fraction of sp³-hybridized carbons (Fsp3) is 0.364. The van der Waals surface area contributed by atoms with Crippen molar-refractivity contribution in [3.63, 3.8) is 0 Å². The van der Waals surface area contributed by atoms with Crippen molar-refractivity contribution in [3.8, 4) is 11.5 Å². The average molecular weight is 231 g/mol. The van der Waals surface area contributed by atoms with Crippen molar-refractivity contribution in [1.29, 1.82) is 0 Å². The molecule has 0 saturated heterocycles. The molecule has 1 aliphatic rings. The number of nitrogens with one attached hydrogen (secondary N) is 1. The number of ether oxygens (including phenoxy) is 2. The standard InChI is InChI=1S/C11H15B2NO3/c1-6(14-2)10(15)7-3-4-8-9(5-7)17-11(12,13)16-8/h3-6,14H,12-13H2,1-2H3/t6-/m0/s1. The first-order valence-corrected chi connectivity index (χ1v) is 5.66. The molecule has 88 valence electrons. The molecule has 0 aliphatic carbocycles. The molecule has 1 heterocycles. The Bertz CT molecular complexity index is 462. The maximum Gasteiger partial charge on any atom is 0.197 e. The summed E-state index contributed by atoms with van der Waals surface area (Å²) in [6, 6.07) is 5.07. The summed E-state index contributed by atoms with van der Waals surface area (Å²) in [5, 5.41) is 2.93. The first kappa shape index (κ1) is 12.0. The van der Waals surface area contributed by atoms with Gasteiger partial charge in [0.15, 0.2) is 38.6 Å². The Morgan fingerprint density at radius 2 is 2.00 bits per heavy atom. The topological polar surface area (TPSA) is 47.6 Å². The van der Waals surface area contributed by atoms with E-state index in [-0.39, 0.29) is 11.8 Å². The summed E-state index contributed by atoms with van der Waals surface area (Å²) in [4.78, 5) is 12.0. The highest BCUT2D eigenvalue weighted by Gasteiger charge is 2.31. The minimum Gasteiger partial charge on any atom is -0.467 e. The number of hydrogen-bond donors (Lipinski definition) is 1. The van der Waals surface area contributed by atoms with Gasteiger partial charge in [-0.25, -0.2) is 0 Å². The summed E-state index contributed by atoms with van der Waals surface area (Å²) in [5.41, 5.74) is -0.0228. The normalized spacial score (nSPS) is 17.8. The summed E-state index contributed by atoms with van der Waals surface area (Å²) >= 11 is 0. The lowest BCUT2D eigenvalue weighted by molar-refractivity contribution is 0.0831. The van der Waals surface area contributed by atoms with E-state index in [4.69, 9.17) is 9.47 Å². The summed E-state index contributed by atoms with van der Waals surface area (Å²) in [5.74, 6) is 1.36. The Kier molecular flexibility index (Phi) is 2.91. The van der Waals surface area contributed by atoms with Crippen molar-refractivity contribution in [3.05, 3.63) is 23.8 Å². The predicted molar refractivity (Wildman–Crippen MR) is 70.4 cm³/mol. The summed E-state index contributed by atoms with van der Waals surface area (Å²) < 4.78 is 11.2. The quantitative estimate of drug-likeness (QED) is 0.542. The van der Waals surface area contributed by atoms with Gasteiger partial charge in [-0.3, -0.25) is 4.79 Å². The molecule has 1 N–H and O–H groups in total. The number of fused-ring (bicyclic) bond motifs is 1. The molecule has 1 aromatic carbocycles. The van der Waals surface area contributed by atoms with Gasteiger partial charge < -0.3 is 14.8 Å². The van der Waals surface area contributed by atoms with Crippen molar-refractivity contribution < 1.29 is 14.3 Å². The fourth-order valence-corrected chi connectivity index (χ4v) is 1.76. The number of Topliss-reactive ketones (excluding diaryl/α,β-unsaturated/α-hetero) is 1. The van der Waals surface area contributed by atoms with E-state index in [0.717, 1.165) is 0 Å². The number of hydrogen-bond acceptors (Lipinski definition) is 4. The van der Waals surface area contributed by atoms with Crippen molar-refractivity contribution in [1.82, 2.24) is 5.32 Å². The van der Waals surface area contributed by atoms with Crippen LogP contribution in [0, 0.1) is 0 Å². The summed E-state index contributed by atoms with van der Waals surface area (Å²) in [7, 11) is 5.44. The van der Waals surface area contributed by atoms with Crippen LogP contribution >= 0.6 is 0 Å². The van der Waals surface area contributed by atoms with E-state index < -0.39 is 5.59 Å². The van der Waals surface area contributed by atoms with Gasteiger partial charge in [0.2, 0.25) is 0 Å². The van der Waals surface area contributed by atoms with Gasteiger partial charge in [0, 0.05) is 5.56 Å². The zero-order valence-electron chi connectivity index (χ0n) is 10.5. The van der Waals surface area contributed by atoms with E-state index in [2.05, 4.69) is 5.32 Å². The SMILES string of the molecule is BC1(B)Oc2ccc(C(=O)[C@H](C)NC)cc2O1. The molecule has 0 fully saturated rings. The first-order valence-electron chi connectivity index (χ1n) is 5.66. The van der Waals surface area contributed by atoms with E-state index in [1.165, 1.54) is 0 Å². The molecular formula is C11H15B2NO3. The first-order chi connectivity index (χ1) is 7.93. The summed E-state index contributed by atoms with van der Waals surface area (Å²) in [6.07, 6.45) is 0. The number of rotatable bonds is 3. The molecule has 0 radical (unpaired) electrons. The minimum atomic E-state index is -0.654. The molecule has 0 bridgehead atoms. The third-order valence-electron chi connectivity index (χ3n) is 2.77. The molecule has 1 aromatic rings. The van der Waals surface area contributed by atoms with Gasteiger partial charge in [0.05, 0.1) is 6.04 Å². The number of carbonyl (C=O) groups is 1. The Balaban J connectivity index is 2.28. The molecular weight excluding hydrogens is 216 g/mol. The molecule has 2 rings (SSSR count). The van der Waals surface area contributed by atoms with Gasteiger partial charge in [0.25, 0.3) is 0 Å². The highest BCUT2D eigenvalue weighted by molar-refractivity contribution is 6.38. The number of likely N-dealkylation sites (N-methyl/N-ethyl adjacent to an activating group) is 1. The maximum atomic E-state index is 12.0. The van der Waals surface area contributed by atoms with Crippen molar-refractivity contribution >= 4 is 21.5 Å². The second-order valence-corrected chi connectivity index (χ2v) is 4.64. The van der Waals surface area contributed by atoms with Crippen LogP contribution in [0.1, 0.15) is 17.3 Å². The molecule has 0 amide bonds. The van der Waals surface area contributed by atoms with Gasteiger partial charge in [-0.15, -0.1) is 0 Å². The molecule has 0 saturated carbocycles. The van der Waals surface area contributed by atoms with E-state index in [1.807, 2.05) is 22.6 Å². The van der Waals surface area contributed by atoms with Crippen LogP contribution in [0.3, 0.4) is 0 Å². The predicted octanol–water partition coefficient (Wildman–Crippen LogP) is -0.874. The maximum absolute atomic E-state index is 12.0. The van der Waals surface area contributed by atoms with Gasteiger partial charge in [-0.1, -0.05) is 0 Å². The van der Waals surface area contributed by atoms with Crippen LogP contribution in [-0.4, -0.2) is 40.2 Å². The van der Waals surface area contributed by atoms with Crippen molar-refractivity contribution in [2.24, 2.45) is 0 Å². The Morgan fingerprint density at radius 1 is 1.35 bits per heavy atom. The average Bonchev–Trinajstić information content (AvgIpc) is 2.59. The summed E-state index contributed by atoms with van der Waals surface area (Å²) in [6.45, 7) is 1.83. The highest BCUT2D eigenvalue weighted by atomic mass is 16.7. The number of ketones is 1. The van der Waals surface area contributed by atoms with Crippen molar-refractivity contribution in [2.75, 3.05) is 7.05 Å². The van der Waals surface area contributed by atoms with E-state index in [1.54, 1.807) is 25.2 Å². The molecule has 0 aromatic heterocycles. The lowest BCUT2D eigenvalue weighted by Gasteiger charge is -2.17. The molecule has 6 heteroatoms. The fourth-order valence-electron chi connectivity index (χ4n) is 1.76. The molecule has 1 atom stereocenters. The van der Waals surface area contributed by atoms with Crippen LogP contribution in [-0.2, 0) is 0 Å². The van der Waals surface area contributed by atoms with E-state index in [0.29, 0.717) is 17.1 Å². The van der Waals surface area contributed by atoms with Crippen LogP contribution in [0.25, 0.3) is 0 Å². The molecule has 17 heavy (non-hydrogen) atoms. The van der Waals surface area contributed by atoms with E-state index in [9.17, 15) is 4.79 Å². The smallest absolute Gasteiger partial charge is 0.197 e. The zero-order chi connectivity index (χ0) is 12.6. The minimum absolute atomic E-state index is 0.0450. The molecule has 1 aliphatic heterocycles. The second-order valence-electron chi connectivity index (χ2n) is 4.64. The van der Waals surface area contributed by atoms with Crippen LogP contribution in [0.2, 0.25) is 0 Å². The largest absolute Gasteiger partial charge is 0.467 e. The third-order valence-corrected chi connectivity index (χ3v) is 2.77. The van der Waals surface area contributed by atoms with E-state index >= 15 is 0 Å². The molecule has 4 nitrogen and oxygen atoms in total. The monoisotopic (exact) mass is 231 g/mol. The van der Waals surface area contributed by atoms with Crippen LogP contribution in [0.15, 0.2) is 18.2 Å². The second kappa shape index (κ2) is 4.11. The van der Waals surface area contributed by atoms with Crippen molar-refractivity contribution in [2.45, 2.75) is 18.6 Å². The van der Waals surface area contributed by atoms with Crippen LogP contribution in [0.4, 0.5) is 0 Å². The molecule has 0 spiro atoms. The lowest BCUT2D eigenvalue weighted by atomic mass is 9.76. The van der Waals surface area contributed by atoms with Gasteiger partial charge in [-0.05, 0) is 32.2 Å². The third kappa shape index (κ3) is 2.31. The highest BCUT2D eigenvalue weighted by Crippen LogP contribution is 2.37. The number of benzene rings is 1. The Hall–Kier alpha value is -1.42. The van der Waals surface area contributed by atoms with Gasteiger partial charge >= 0.3 is 0 Å². The van der Waals surface area contributed by atoms with Gasteiger partial charge in [-0.2, -0.15) is 0 Å². The Labute approximate surface area is 102 Å². The Morgan fingerprint density at radius 3 is 2.65 bits per heavy atom. The number of carbonyl (C=O) groups excluding carboxylic acids is 1. The molecule has 0 unspecified atom stereocenters. The lowest BCUT2D eigenvalue weighted by Crippen LogP contribution is -2.39. The zero-order valence-corrected chi connectivity index (χ0v) is 10.5. The van der Waals surface area contributed by atoms with Gasteiger partial charge in [0.1, 0.15) is 0 Å².